The lowest BCUT2D eigenvalue weighted by Crippen LogP contribution is -2.20. The Bertz CT molecular complexity index is 1070. The van der Waals surface area contributed by atoms with Crippen molar-refractivity contribution in [2.75, 3.05) is 11.9 Å². The van der Waals surface area contributed by atoms with Gasteiger partial charge in [0.1, 0.15) is 5.82 Å². The quantitative estimate of drug-likeness (QED) is 0.503. The van der Waals surface area contributed by atoms with Crippen molar-refractivity contribution < 1.29 is 14.6 Å². The summed E-state index contributed by atoms with van der Waals surface area (Å²) >= 11 is 0. The number of imidazole rings is 1. The molecule has 0 spiro atoms. The molecule has 134 valence electrons. The number of carbonyl (C=O) groups is 1. The molecule has 27 heavy (non-hydrogen) atoms. The molecule has 0 atom stereocenters. The second kappa shape index (κ2) is 7.21. The number of rotatable bonds is 5. The highest BCUT2D eigenvalue weighted by Crippen LogP contribution is 2.25. The van der Waals surface area contributed by atoms with Crippen molar-refractivity contribution in [1.82, 2.24) is 9.97 Å². The highest BCUT2D eigenvalue weighted by molar-refractivity contribution is 5.92. The van der Waals surface area contributed by atoms with Gasteiger partial charge in [-0.25, -0.2) is 4.98 Å². The van der Waals surface area contributed by atoms with E-state index in [9.17, 15) is 9.90 Å². The average molecular weight is 359 g/mol. The van der Waals surface area contributed by atoms with Crippen LogP contribution in [0.4, 0.5) is 5.69 Å². The molecule has 6 heteroatoms. The molecule has 1 aromatic heterocycles. The molecule has 0 radical (unpaired) electrons. The third-order valence-corrected chi connectivity index (χ3v) is 4.03. The fraction of sp³-hybridized carbons (Fsp3) is 0.0476. The maximum atomic E-state index is 12.1. The van der Waals surface area contributed by atoms with E-state index in [2.05, 4.69) is 15.3 Å². The molecule has 0 bridgehead atoms. The lowest BCUT2D eigenvalue weighted by atomic mass is 10.2. The van der Waals surface area contributed by atoms with E-state index in [-0.39, 0.29) is 24.0 Å². The molecular formula is C21H17N3O3. The highest BCUT2D eigenvalue weighted by atomic mass is 16.5. The van der Waals surface area contributed by atoms with E-state index in [4.69, 9.17) is 4.74 Å². The number of benzene rings is 3. The van der Waals surface area contributed by atoms with Gasteiger partial charge in [0, 0.05) is 11.3 Å². The van der Waals surface area contributed by atoms with E-state index in [1.54, 1.807) is 24.3 Å². The van der Waals surface area contributed by atoms with Crippen LogP contribution in [-0.2, 0) is 4.79 Å². The highest BCUT2D eigenvalue weighted by Gasteiger charge is 2.09. The standard InChI is InChI=1S/C21H17N3O3/c25-18-10-3-4-11-19(18)27-13-20(26)22-15-7-5-6-14(12-15)21-23-16-8-1-2-9-17(16)24-21/h1-12,25H,13H2,(H,22,26)(H,23,24). The molecule has 4 aromatic rings. The van der Waals surface area contributed by atoms with E-state index >= 15 is 0 Å². The molecule has 0 aliphatic heterocycles. The Labute approximate surface area is 155 Å². The predicted molar refractivity (Wildman–Crippen MR) is 104 cm³/mol. The number of aromatic hydroxyl groups is 1. The summed E-state index contributed by atoms with van der Waals surface area (Å²) in [4.78, 5) is 20.0. The Balaban J connectivity index is 1.46. The minimum atomic E-state index is -0.319. The average Bonchev–Trinajstić information content (AvgIpc) is 3.12. The van der Waals surface area contributed by atoms with Gasteiger partial charge < -0.3 is 20.1 Å². The zero-order valence-corrected chi connectivity index (χ0v) is 14.3. The number of nitrogens with zero attached hydrogens (tertiary/aromatic N) is 1. The van der Waals surface area contributed by atoms with Gasteiger partial charge in [0.05, 0.1) is 11.0 Å². The van der Waals surface area contributed by atoms with E-state index in [0.29, 0.717) is 5.69 Å². The molecule has 0 saturated heterocycles. The van der Waals surface area contributed by atoms with Crippen LogP contribution < -0.4 is 10.1 Å². The summed E-state index contributed by atoms with van der Waals surface area (Å²) in [5, 5.41) is 12.5. The number of anilines is 1. The van der Waals surface area contributed by atoms with Crippen LogP contribution in [0.1, 0.15) is 0 Å². The number of hydrogen-bond donors (Lipinski definition) is 3. The largest absolute Gasteiger partial charge is 0.504 e. The SMILES string of the molecule is O=C(COc1ccccc1O)Nc1cccc(-c2nc3ccccc3[nH]2)c1. The lowest BCUT2D eigenvalue weighted by molar-refractivity contribution is -0.118. The third-order valence-electron chi connectivity index (χ3n) is 4.03. The van der Waals surface area contributed by atoms with Crippen molar-refractivity contribution in [3.8, 4) is 22.9 Å². The second-order valence-electron chi connectivity index (χ2n) is 5.99. The Hall–Kier alpha value is -3.80. The molecule has 1 heterocycles. The van der Waals surface area contributed by atoms with Gasteiger partial charge in [0.2, 0.25) is 0 Å². The monoisotopic (exact) mass is 359 g/mol. The van der Waals surface area contributed by atoms with Crippen LogP contribution in [0.25, 0.3) is 22.4 Å². The smallest absolute Gasteiger partial charge is 0.262 e. The number of phenols is 1. The summed E-state index contributed by atoms with van der Waals surface area (Å²) in [6.45, 7) is -0.202. The van der Waals surface area contributed by atoms with Gasteiger partial charge >= 0.3 is 0 Å². The second-order valence-corrected chi connectivity index (χ2v) is 5.99. The summed E-state index contributed by atoms with van der Waals surface area (Å²) in [6, 6.07) is 21.7. The van der Waals surface area contributed by atoms with Crippen LogP contribution in [0.5, 0.6) is 11.5 Å². The molecule has 1 amide bonds. The zero-order valence-electron chi connectivity index (χ0n) is 14.3. The van der Waals surface area contributed by atoms with E-state index < -0.39 is 0 Å². The number of nitrogens with one attached hydrogen (secondary N) is 2. The van der Waals surface area contributed by atoms with Crippen molar-refractivity contribution in [2.24, 2.45) is 0 Å². The van der Waals surface area contributed by atoms with Gasteiger partial charge in [-0.15, -0.1) is 0 Å². The lowest BCUT2D eigenvalue weighted by Gasteiger charge is -2.09. The topological polar surface area (TPSA) is 87.2 Å². The number of carbonyl (C=O) groups excluding carboxylic acids is 1. The number of H-pyrrole nitrogens is 1. The number of amides is 1. The van der Waals surface area contributed by atoms with Crippen LogP contribution >= 0.6 is 0 Å². The molecule has 4 rings (SSSR count). The zero-order chi connectivity index (χ0) is 18.6. The Morgan fingerprint density at radius 1 is 1.04 bits per heavy atom. The summed E-state index contributed by atoms with van der Waals surface area (Å²) < 4.78 is 5.34. The van der Waals surface area contributed by atoms with Crippen molar-refractivity contribution in [3.05, 3.63) is 72.8 Å². The molecule has 3 N–H and O–H groups in total. The van der Waals surface area contributed by atoms with Gasteiger partial charge in [-0.3, -0.25) is 4.79 Å². The first-order valence-corrected chi connectivity index (χ1v) is 8.45. The van der Waals surface area contributed by atoms with E-state index in [1.807, 2.05) is 42.5 Å². The van der Waals surface area contributed by atoms with Crippen molar-refractivity contribution in [3.63, 3.8) is 0 Å². The van der Waals surface area contributed by atoms with Crippen molar-refractivity contribution >= 4 is 22.6 Å². The van der Waals surface area contributed by atoms with Crippen LogP contribution in [0.3, 0.4) is 0 Å². The molecule has 0 fully saturated rings. The normalized spacial score (nSPS) is 10.7. The summed E-state index contributed by atoms with van der Waals surface area (Å²) in [6.07, 6.45) is 0. The number of phenolic OH excluding ortho intramolecular Hbond substituents is 1. The van der Waals surface area contributed by atoms with E-state index in [0.717, 1.165) is 22.4 Å². The Morgan fingerprint density at radius 2 is 1.85 bits per heavy atom. The number of para-hydroxylation sites is 4. The minimum Gasteiger partial charge on any atom is -0.504 e. The molecule has 0 aliphatic rings. The number of ether oxygens (including phenoxy) is 1. The summed E-state index contributed by atoms with van der Waals surface area (Å²) in [7, 11) is 0. The summed E-state index contributed by atoms with van der Waals surface area (Å²) in [5.41, 5.74) is 3.35. The van der Waals surface area contributed by atoms with Gasteiger partial charge in [0.15, 0.2) is 18.1 Å². The van der Waals surface area contributed by atoms with Crippen molar-refractivity contribution in [1.29, 1.82) is 0 Å². The van der Waals surface area contributed by atoms with Gasteiger partial charge in [-0.1, -0.05) is 36.4 Å². The molecule has 3 aromatic carbocycles. The van der Waals surface area contributed by atoms with Gasteiger partial charge in [0.25, 0.3) is 5.91 Å². The predicted octanol–water partition coefficient (Wildman–Crippen LogP) is 3.95. The molecule has 6 nitrogen and oxygen atoms in total. The molecule has 0 saturated carbocycles. The van der Waals surface area contributed by atoms with Crippen molar-refractivity contribution in [2.45, 2.75) is 0 Å². The first-order valence-electron chi connectivity index (χ1n) is 8.45. The molecule has 0 unspecified atom stereocenters. The van der Waals surface area contributed by atoms with Crippen LogP contribution in [0.2, 0.25) is 0 Å². The maximum absolute atomic E-state index is 12.1. The molecule has 0 aliphatic carbocycles. The summed E-state index contributed by atoms with van der Waals surface area (Å²) in [5.74, 6) is 0.679. The Morgan fingerprint density at radius 3 is 2.70 bits per heavy atom. The Kier molecular flexibility index (Phi) is 4.45. The third kappa shape index (κ3) is 3.74. The fourth-order valence-electron chi connectivity index (χ4n) is 2.75. The van der Waals surface area contributed by atoms with Crippen LogP contribution in [-0.4, -0.2) is 27.6 Å². The number of fused-ring (bicyclic) bond motifs is 1. The van der Waals surface area contributed by atoms with Gasteiger partial charge in [-0.05, 0) is 36.4 Å². The maximum Gasteiger partial charge on any atom is 0.262 e. The fourth-order valence-corrected chi connectivity index (χ4v) is 2.75. The number of hydrogen-bond acceptors (Lipinski definition) is 4. The molecular weight excluding hydrogens is 342 g/mol. The van der Waals surface area contributed by atoms with Gasteiger partial charge in [-0.2, -0.15) is 0 Å². The number of aromatic nitrogens is 2. The van der Waals surface area contributed by atoms with Crippen LogP contribution in [0, 0.1) is 0 Å². The minimum absolute atomic E-state index is 0.00261. The first kappa shape index (κ1) is 16.7. The van der Waals surface area contributed by atoms with Crippen LogP contribution in [0.15, 0.2) is 72.8 Å². The first-order chi connectivity index (χ1) is 13.2. The number of aromatic amines is 1. The van der Waals surface area contributed by atoms with E-state index in [1.165, 1.54) is 6.07 Å².